The molecular formula is C18H25N5O2. The molecule has 2 heterocycles. The smallest absolute Gasteiger partial charge is 0.319 e. The Morgan fingerprint density at radius 2 is 1.96 bits per heavy atom. The first kappa shape index (κ1) is 17.4. The van der Waals surface area contributed by atoms with Crippen molar-refractivity contribution in [2.45, 2.75) is 13.0 Å². The van der Waals surface area contributed by atoms with Gasteiger partial charge in [-0.05, 0) is 24.1 Å². The van der Waals surface area contributed by atoms with Crippen molar-refractivity contribution in [3.63, 3.8) is 0 Å². The molecule has 1 aliphatic rings. The molecule has 1 fully saturated rings. The van der Waals surface area contributed by atoms with Gasteiger partial charge in [-0.15, -0.1) is 0 Å². The van der Waals surface area contributed by atoms with Crippen LogP contribution in [0.25, 0.3) is 0 Å². The van der Waals surface area contributed by atoms with E-state index in [1.807, 2.05) is 22.9 Å². The topological polar surface area (TPSA) is 71.4 Å². The zero-order chi connectivity index (χ0) is 17.3. The standard InChI is InChI=1S/C18H25N5O2/c24-18(20-7-10-23-9-6-19-15-23)21-17-3-1-16(2-4-17)5-8-22-11-13-25-14-12-22/h1-4,6,9,15H,5,7-8,10-14H2,(H2,20,21,24). The molecule has 0 aliphatic carbocycles. The molecule has 7 nitrogen and oxygen atoms in total. The van der Waals surface area contributed by atoms with Crippen LogP contribution in [0, 0.1) is 0 Å². The average Bonchev–Trinajstić information content (AvgIpc) is 3.15. The van der Waals surface area contributed by atoms with Crippen molar-refractivity contribution in [3.05, 3.63) is 48.5 Å². The van der Waals surface area contributed by atoms with Crippen molar-refractivity contribution in [3.8, 4) is 0 Å². The van der Waals surface area contributed by atoms with Gasteiger partial charge in [-0.3, -0.25) is 4.90 Å². The van der Waals surface area contributed by atoms with Crippen molar-refractivity contribution in [2.24, 2.45) is 0 Å². The Morgan fingerprint density at radius 1 is 1.16 bits per heavy atom. The minimum absolute atomic E-state index is 0.193. The number of urea groups is 1. The number of morpholine rings is 1. The van der Waals surface area contributed by atoms with Crippen LogP contribution >= 0.6 is 0 Å². The first-order valence-electron chi connectivity index (χ1n) is 8.69. The van der Waals surface area contributed by atoms with Crippen molar-refractivity contribution in [1.82, 2.24) is 19.8 Å². The lowest BCUT2D eigenvalue weighted by molar-refractivity contribution is 0.0384. The summed E-state index contributed by atoms with van der Waals surface area (Å²) in [6.45, 7) is 5.99. The fraction of sp³-hybridized carbons (Fsp3) is 0.444. The fourth-order valence-electron chi connectivity index (χ4n) is 2.76. The summed E-state index contributed by atoms with van der Waals surface area (Å²) in [7, 11) is 0. The normalized spacial score (nSPS) is 15.0. The highest BCUT2D eigenvalue weighted by Crippen LogP contribution is 2.11. The maximum absolute atomic E-state index is 11.9. The Labute approximate surface area is 148 Å². The van der Waals surface area contributed by atoms with Gasteiger partial charge in [-0.1, -0.05) is 12.1 Å². The number of hydrogen-bond donors (Lipinski definition) is 2. The van der Waals surface area contributed by atoms with Gasteiger partial charge in [-0.2, -0.15) is 0 Å². The number of carbonyl (C=O) groups is 1. The molecule has 0 bridgehead atoms. The van der Waals surface area contributed by atoms with Crippen LogP contribution in [0.4, 0.5) is 10.5 Å². The predicted molar refractivity (Wildman–Crippen MR) is 96.7 cm³/mol. The molecule has 3 rings (SSSR count). The molecule has 1 aromatic heterocycles. The van der Waals surface area contributed by atoms with E-state index in [9.17, 15) is 4.79 Å². The zero-order valence-corrected chi connectivity index (χ0v) is 14.4. The molecule has 2 amide bonds. The van der Waals surface area contributed by atoms with Crippen LogP contribution in [0.1, 0.15) is 5.56 Å². The molecule has 0 radical (unpaired) electrons. The second kappa shape index (κ2) is 9.19. The third-order valence-corrected chi connectivity index (χ3v) is 4.25. The van der Waals surface area contributed by atoms with E-state index in [1.165, 1.54) is 5.56 Å². The Morgan fingerprint density at radius 3 is 2.68 bits per heavy atom. The van der Waals surface area contributed by atoms with Crippen molar-refractivity contribution in [2.75, 3.05) is 44.7 Å². The molecule has 25 heavy (non-hydrogen) atoms. The van der Waals surface area contributed by atoms with Crippen molar-refractivity contribution >= 4 is 11.7 Å². The summed E-state index contributed by atoms with van der Waals surface area (Å²) in [6, 6.07) is 7.85. The monoisotopic (exact) mass is 343 g/mol. The highest BCUT2D eigenvalue weighted by molar-refractivity contribution is 5.89. The van der Waals surface area contributed by atoms with E-state index < -0.39 is 0 Å². The third kappa shape index (κ3) is 5.88. The lowest BCUT2D eigenvalue weighted by atomic mass is 10.1. The second-order valence-electron chi connectivity index (χ2n) is 6.08. The summed E-state index contributed by atoms with van der Waals surface area (Å²) >= 11 is 0. The summed E-state index contributed by atoms with van der Waals surface area (Å²) in [6.07, 6.45) is 6.34. The summed E-state index contributed by atoms with van der Waals surface area (Å²) in [4.78, 5) is 18.3. The van der Waals surface area contributed by atoms with Gasteiger partial charge in [0.1, 0.15) is 0 Å². The summed E-state index contributed by atoms with van der Waals surface area (Å²) in [5.74, 6) is 0. The fourth-order valence-corrected chi connectivity index (χ4v) is 2.76. The van der Waals surface area contributed by atoms with Gasteiger partial charge < -0.3 is 19.9 Å². The molecule has 2 N–H and O–H groups in total. The molecule has 0 spiro atoms. The Balaban J connectivity index is 1.37. The minimum Gasteiger partial charge on any atom is -0.379 e. The first-order chi connectivity index (χ1) is 12.3. The quantitative estimate of drug-likeness (QED) is 0.801. The zero-order valence-electron chi connectivity index (χ0n) is 14.4. The highest BCUT2D eigenvalue weighted by atomic mass is 16.5. The highest BCUT2D eigenvalue weighted by Gasteiger charge is 2.09. The van der Waals surface area contributed by atoms with Crippen LogP contribution < -0.4 is 10.6 Å². The molecule has 0 unspecified atom stereocenters. The largest absolute Gasteiger partial charge is 0.379 e. The van der Waals surface area contributed by atoms with Crippen LogP contribution in [-0.4, -0.2) is 59.9 Å². The van der Waals surface area contributed by atoms with Gasteiger partial charge in [0.2, 0.25) is 0 Å². The molecule has 134 valence electrons. The van der Waals surface area contributed by atoms with Crippen LogP contribution in [0.2, 0.25) is 0 Å². The van der Waals surface area contributed by atoms with E-state index >= 15 is 0 Å². The number of ether oxygens (including phenoxy) is 1. The molecule has 7 heteroatoms. The van der Waals surface area contributed by atoms with Crippen LogP contribution in [0.5, 0.6) is 0 Å². The lowest BCUT2D eigenvalue weighted by Gasteiger charge is -2.26. The molecular weight excluding hydrogens is 318 g/mol. The number of imidazole rings is 1. The SMILES string of the molecule is O=C(NCCn1ccnc1)Nc1ccc(CCN2CCOCC2)cc1. The number of amides is 2. The maximum atomic E-state index is 11.9. The number of nitrogens with one attached hydrogen (secondary N) is 2. The summed E-state index contributed by atoms with van der Waals surface area (Å²) in [5.41, 5.74) is 2.08. The number of aromatic nitrogens is 2. The van der Waals surface area contributed by atoms with Crippen molar-refractivity contribution in [1.29, 1.82) is 0 Å². The van der Waals surface area contributed by atoms with Gasteiger partial charge >= 0.3 is 6.03 Å². The second-order valence-corrected chi connectivity index (χ2v) is 6.08. The number of anilines is 1. The minimum atomic E-state index is -0.193. The number of nitrogens with zero attached hydrogens (tertiary/aromatic N) is 3. The van der Waals surface area contributed by atoms with E-state index in [2.05, 4.69) is 32.7 Å². The molecule has 0 saturated carbocycles. The van der Waals surface area contributed by atoms with E-state index in [-0.39, 0.29) is 6.03 Å². The molecule has 1 aromatic carbocycles. The van der Waals surface area contributed by atoms with Crippen molar-refractivity contribution < 1.29 is 9.53 Å². The lowest BCUT2D eigenvalue weighted by Crippen LogP contribution is -2.37. The van der Waals surface area contributed by atoms with Crippen LogP contribution in [0.3, 0.4) is 0 Å². The van der Waals surface area contributed by atoms with Gasteiger partial charge in [0, 0.05) is 50.8 Å². The van der Waals surface area contributed by atoms with Gasteiger partial charge in [0.15, 0.2) is 0 Å². The van der Waals surface area contributed by atoms with E-state index in [0.717, 1.165) is 45.0 Å². The number of benzene rings is 1. The van der Waals surface area contributed by atoms with Crippen LogP contribution in [-0.2, 0) is 17.7 Å². The van der Waals surface area contributed by atoms with E-state index in [0.29, 0.717) is 13.1 Å². The number of rotatable bonds is 7. The maximum Gasteiger partial charge on any atom is 0.319 e. The first-order valence-corrected chi connectivity index (χ1v) is 8.69. The summed E-state index contributed by atoms with van der Waals surface area (Å²) < 4.78 is 7.28. The van der Waals surface area contributed by atoms with Crippen LogP contribution in [0.15, 0.2) is 43.0 Å². The molecule has 2 aromatic rings. The van der Waals surface area contributed by atoms with Gasteiger partial charge in [0.25, 0.3) is 0 Å². The average molecular weight is 343 g/mol. The Bertz CT molecular complexity index is 636. The van der Waals surface area contributed by atoms with Gasteiger partial charge in [-0.25, -0.2) is 9.78 Å². The molecule has 1 aliphatic heterocycles. The third-order valence-electron chi connectivity index (χ3n) is 4.25. The Kier molecular flexibility index (Phi) is 6.42. The predicted octanol–water partition coefficient (Wildman–Crippen LogP) is 1.58. The van der Waals surface area contributed by atoms with E-state index in [4.69, 9.17) is 4.74 Å². The Hall–Kier alpha value is -2.38. The number of hydrogen-bond acceptors (Lipinski definition) is 4. The van der Waals surface area contributed by atoms with E-state index in [1.54, 1.807) is 12.5 Å². The van der Waals surface area contributed by atoms with Gasteiger partial charge in [0.05, 0.1) is 19.5 Å². The summed E-state index contributed by atoms with van der Waals surface area (Å²) in [5, 5.41) is 5.69. The number of carbonyl (C=O) groups excluding carboxylic acids is 1. The molecule has 0 atom stereocenters. The molecule has 1 saturated heterocycles.